The highest BCUT2D eigenvalue weighted by atomic mass is 79.9. The van der Waals surface area contributed by atoms with E-state index in [0.29, 0.717) is 26.2 Å². The lowest BCUT2D eigenvalue weighted by atomic mass is 10.1. The van der Waals surface area contributed by atoms with Gasteiger partial charge in [0.1, 0.15) is 23.7 Å². The van der Waals surface area contributed by atoms with E-state index >= 15 is 0 Å². The average Bonchev–Trinajstić information content (AvgIpc) is 2.81. The van der Waals surface area contributed by atoms with E-state index in [1.54, 1.807) is 30.3 Å². The molecule has 1 saturated heterocycles. The fourth-order valence-corrected chi connectivity index (χ4v) is 3.83. The van der Waals surface area contributed by atoms with Crippen LogP contribution in [0.5, 0.6) is 5.75 Å². The van der Waals surface area contributed by atoms with Crippen molar-refractivity contribution in [1.82, 2.24) is 5.32 Å². The zero-order valence-corrected chi connectivity index (χ0v) is 19.3. The summed E-state index contributed by atoms with van der Waals surface area (Å²) in [5.41, 5.74) is 0.673. The number of ether oxygens (including phenoxy) is 1. The van der Waals surface area contributed by atoms with Gasteiger partial charge in [0.25, 0.3) is 17.5 Å². The molecule has 1 fully saturated rings. The summed E-state index contributed by atoms with van der Waals surface area (Å²) in [5, 5.41) is 13.0. The summed E-state index contributed by atoms with van der Waals surface area (Å²) in [5.74, 6) is -1.99. The summed E-state index contributed by atoms with van der Waals surface area (Å²) in [6.45, 7) is 0.0757. The number of amides is 4. The third kappa shape index (κ3) is 5.25. The van der Waals surface area contributed by atoms with Crippen LogP contribution in [0.2, 0.25) is 0 Å². The normalized spacial score (nSPS) is 14.7. The number of benzene rings is 3. The second-order valence-electron chi connectivity index (χ2n) is 7.34. The first-order chi connectivity index (χ1) is 16.7. The Kier molecular flexibility index (Phi) is 6.69. The largest absolute Gasteiger partial charge is 0.488 e. The lowest BCUT2D eigenvalue weighted by molar-refractivity contribution is -0.384. The van der Waals surface area contributed by atoms with E-state index in [2.05, 4.69) is 21.2 Å². The van der Waals surface area contributed by atoms with Gasteiger partial charge in [0.2, 0.25) is 0 Å². The molecule has 35 heavy (non-hydrogen) atoms. The molecule has 0 unspecified atom stereocenters. The molecule has 0 spiro atoms. The molecule has 176 valence electrons. The Morgan fingerprint density at radius 3 is 2.54 bits per heavy atom. The monoisotopic (exact) mass is 539 g/mol. The van der Waals surface area contributed by atoms with Gasteiger partial charge in [-0.15, -0.1) is 0 Å². The number of barbiturate groups is 1. The van der Waals surface area contributed by atoms with Crippen LogP contribution >= 0.6 is 15.9 Å². The molecule has 0 bridgehead atoms. The standard InChI is InChI=1S/C24H15BrFN3O6/c25-20-11-14(7-8-21(20)35-13-15-3-1-6-18(9-15)29(33)34)10-19-22(30)27-24(32)28(23(19)31)17-5-2-4-16(26)12-17/h1-12H,13H2,(H,27,30,32)/b19-10+. The maximum atomic E-state index is 13.6. The van der Waals surface area contributed by atoms with E-state index < -0.39 is 28.6 Å². The third-order valence-corrected chi connectivity index (χ3v) is 5.57. The molecule has 1 aliphatic rings. The molecule has 0 aromatic heterocycles. The van der Waals surface area contributed by atoms with Crippen molar-refractivity contribution in [3.8, 4) is 5.75 Å². The molecule has 0 radical (unpaired) electrons. The molecule has 0 aliphatic carbocycles. The van der Waals surface area contributed by atoms with Crippen LogP contribution in [-0.4, -0.2) is 22.8 Å². The minimum absolute atomic E-state index is 0.0167. The number of carbonyl (C=O) groups excluding carboxylic acids is 3. The predicted octanol–water partition coefficient (Wildman–Crippen LogP) is 4.74. The Labute approximate surface area is 206 Å². The van der Waals surface area contributed by atoms with Gasteiger partial charge >= 0.3 is 6.03 Å². The van der Waals surface area contributed by atoms with Crippen molar-refractivity contribution >= 4 is 51.2 Å². The SMILES string of the molecule is O=C1NC(=O)N(c2cccc(F)c2)C(=O)/C1=C/c1ccc(OCc2cccc([N+](=O)[O-])c2)c(Br)c1. The number of hydrogen-bond donors (Lipinski definition) is 1. The van der Waals surface area contributed by atoms with E-state index in [-0.39, 0.29) is 23.6 Å². The van der Waals surface area contributed by atoms with E-state index in [1.807, 2.05) is 0 Å². The van der Waals surface area contributed by atoms with Gasteiger partial charge in [0.15, 0.2) is 0 Å². The zero-order valence-electron chi connectivity index (χ0n) is 17.7. The minimum atomic E-state index is -0.978. The summed E-state index contributed by atoms with van der Waals surface area (Å²) < 4.78 is 19.8. The Bertz CT molecular complexity index is 1410. The molecule has 0 atom stereocenters. The number of urea groups is 1. The number of anilines is 1. The number of hydrogen-bond acceptors (Lipinski definition) is 6. The number of nitro groups is 1. The Morgan fingerprint density at radius 2 is 1.83 bits per heavy atom. The molecule has 11 heteroatoms. The van der Waals surface area contributed by atoms with Crippen LogP contribution in [0.4, 0.5) is 20.6 Å². The van der Waals surface area contributed by atoms with Crippen LogP contribution in [0.15, 0.2) is 76.8 Å². The molecule has 9 nitrogen and oxygen atoms in total. The number of non-ortho nitro benzene ring substituents is 1. The second-order valence-corrected chi connectivity index (χ2v) is 8.20. The van der Waals surface area contributed by atoms with Crippen molar-refractivity contribution in [3.05, 3.63) is 104 Å². The molecule has 1 N–H and O–H groups in total. The number of halogens is 2. The third-order valence-electron chi connectivity index (χ3n) is 4.95. The fourth-order valence-electron chi connectivity index (χ4n) is 3.32. The van der Waals surface area contributed by atoms with Gasteiger partial charge in [0.05, 0.1) is 15.1 Å². The molecule has 4 rings (SSSR count). The Balaban J connectivity index is 1.55. The highest BCUT2D eigenvalue weighted by molar-refractivity contribution is 9.10. The second kappa shape index (κ2) is 9.85. The maximum Gasteiger partial charge on any atom is 0.335 e. The molecular formula is C24H15BrFN3O6. The molecule has 1 aliphatic heterocycles. The number of imide groups is 2. The van der Waals surface area contributed by atoms with Crippen molar-refractivity contribution < 1.29 is 28.4 Å². The van der Waals surface area contributed by atoms with Crippen LogP contribution in [0, 0.1) is 15.9 Å². The quantitative estimate of drug-likeness (QED) is 0.209. The predicted molar refractivity (Wildman–Crippen MR) is 127 cm³/mol. The first-order valence-electron chi connectivity index (χ1n) is 10.1. The van der Waals surface area contributed by atoms with Crippen molar-refractivity contribution in [2.75, 3.05) is 4.90 Å². The van der Waals surface area contributed by atoms with Gasteiger partial charge < -0.3 is 4.74 Å². The van der Waals surface area contributed by atoms with E-state index in [1.165, 1.54) is 30.3 Å². The Morgan fingerprint density at radius 1 is 1.06 bits per heavy atom. The molecule has 4 amide bonds. The molecule has 3 aromatic carbocycles. The van der Waals surface area contributed by atoms with Crippen molar-refractivity contribution in [2.45, 2.75) is 6.61 Å². The van der Waals surface area contributed by atoms with Crippen LogP contribution in [0.3, 0.4) is 0 Å². The van der Waals surface area contributed by atoms with Gasteiger partial charge in [-0.25, -0.2) is 14.1 Å². The molecule has 1 heterocycles. The van der Waals surface area contributed by atoms with Crippen LogP contribution in [0.1, 0.15) is 11.1 Å². The van der Waals surface area contributed by atoms with Crippen LogP contribution in [-0.2, 0) is 16.2 Å². The first kappa shape index (κ1) is 23.8. The molecule has 0 saturated carbocycles. The fraction of sp³-hybridized carbons (Fsp3) is 0.0417. The first-order valence-corrected chi connectivity index (χ1v) is 10.8. The topological polar surface area (TPSA) is 119 Å². The summed E-state index contributed by atoms with van der Waals surface area (Å²) in [6.07, 6.45) is 1.30. The number of nitrogens with zero attached hydrogens (tertiary/aromatic N) is 2. The van der Waals surface area contributed by atoms with E-state index in [4.69, 9.17) is 4.74 Å². The summed E-state index contributed by atoms with van der Waals surface area (Å²) >= 11 is 3.37. The smallest absolute Gasteiger partial charge is 0.335 e. The van der Waals surface area contributed by atoms with Crippen molar-refractivity contribution in [3.63, 3.8) is 0 Å². The highest BCUT2D eigenvalue weighted by Crippen LogP contribution is 2.29. The lowest BCUT2D eigenvalue weighted by Gasteiger charge is -2.26. The van der Waals surface area contributed by atoms with Crippen LogP contribution < -0.4 is 15.0 Å². The summed E-state index contributed by atoms with van der Waals surface area (Å²) in [6, 6.07) is 14.7. The van der Waals surface area contributed by atoms with E-state index in [0.717, 1.165) is 12.1 Å². The molecular weight excluding hydrogens is 525 g/mol. The van der Waals surface area contributed by atoms with Crippen LogP contribution in [0.25, 0.3) is 6.08 Å². The zero-order chi connectivity index (χ0) is 25.1. The van der Waals surface area contributed by atoms with Gasteiger partial charge in [-0.05, 0) is 63.5 Å². The van der Waals surface area contributed by atoms with Gasteiger partial charge in [-0.2, -0.15) is 0 Å². The number of rotatable bonds is 6. The lowest BCUT2D eigenvalue weighted by Crippen LogP contribution is -2.54. The Hall–Kier alpha value is -4.38. The van der Waals surface area contributed by atoms with Gasteiger partial charge in [0, 0.05) is 12.1 Å². The van der Waals surface area contributed by atoms with Crippen molar-refractivity contribution in [2.24, 2.45) is 0 Å². The average molecular weight is 540 g/mol. The number of nitrogens with one attached hydrogen (secondary N) is 1. The minimum Gasteiger partial charge on any atom is -0.488 e. The van der Waals surface area contributed by atoms with Gasteiger partial charge in [-0.3, -0.25) is 25.0 Å². The van der Waals surface area contributed by atoms with Gasteiger partial charge in [-0.1, -0.05) is 24.3 Å². The highest BCUT2D eigenvalue weighted by Gasteiger charge is 2.36. The van der Waals surface area contributed by atoms with Crippen molar-refractivity contribution in [1.29, 1.82) is 0 Å². The maximum absolute atomic E-state index is 13.6. The summed E-state index contributed by atoms with van der Waals surface area (Å²) in [7, 11) is 0. The van der Waals surface area contributed by atoms with E-state index in [9.17, 15) is 28.9 Å². The summed E-state index contributed by atoms with van der Waals surface area (Å²) in [4.78, 5) is 48.6. The number of carbonyl (C=O) groups is 3. The number of nitro benzene ring substituents is 1. The molecule has 3 aromatic rings.